The normalized spacial score (nSPS) is 15.4. The number of para-hydroxylation sites is 1. The summed E-state index contributed by atoms with van der Waals surface area (Å²) >= 11 is 0. The van der Waals surface area contributed by atoms with Crippen LogP contribution in [-0.2, 0) is 11.2 Å². The number of hydrogen-bond acceptors (Lipinski definition) is 3. The van der Waals surface area contributed by atoms with Crippen molar-refractivity contribution in [3.63, 3.8) is 0 Å². The number of methoxy groups -OCH3 is 1. The molecule has 74 valence electrons. The van der Waals surface area contributed by atoms with E-state index in [4.69, 9.17) is 4.74 Å². The molecule has 1 aliphatic heterocycles. The number of rotatable bonds is 1. The molecule has 1 aliphatic rings. The lowest BCUT2D eigenvalue weighted by Gasteiger charge is -2.11. The van der Waals surface area contributed by atoms with E-state index < -0.39 is 0 Å². The van der Waals surface area contributed by atoms with Crippen molar-refractivity contribution in [2.24, 2.45) is 0 Å². The van der Waals surface area contributed by atoms with Crippen molar-refractivity contribution in [3.8, 4) is 5.75 Å². The summed E-state index contributed by atoms with van der Waals surface area (Å²) in [5.41, 5.74) is 2.01. The number of nitrogens with one attached hydrogen (secondary N) is 1. The summed E-state index contributed by atoms with van der Waals surface area (Å²) < 4.78 is 5.23. The van der Waals surface area contributed by atoms with Crippen molar-refractivity contribution < 1.29 is 9.53 Å². The largest absolute Gasteiger partial charge is 0.495 e. The second kappa shape index (κ2) is 3.70. The molecule has 0 atom stereocenters. The molecule has 3 heteroatoms. The minimum absolute atomic E-state index is 0.282. The quantitative estimate of drug-likeness (QED) is 0.733. The summed E-state index contributed by atoms with van der Waals surface area (Å²) in [6, 6.07) is 5.79. The number of Topliss-reactive ketones (excluding diaryl/α,β-unsaturated/α-hetero) is 1. The van der Waals surface area contributed by atoms with Crippen molar-refractivity contribution in [3.05, 3.63) is 23.8 Å². The second-order valence-electron chi connectivity index (χ2n) is 3.39. The molecule has 1 aromatic rings. The van der Waals surface area contributed by atoms with Gasteiger partial charge in [-0.1, -0.05) is 12.1 Å². The van der Waals surface area contributed by atoms with Crippen molar-refractivity contribution in [1.29, 1.82) is 0 Å². The van der Waals surface area contributed by atoms with Gasteiger partial charge in [0.1, 0.15) is 11.5 Å². The molecule has 3 nitrogen and oxygen atoms in total. The highest BCUT2D eigenvalue weighted by Crippen LogP contribution is 2.30. The van der Waals surface area contributed by atoms with Gasteiger partial charge in [-0.15, -0.1) is 0 Å². The SMILES string of the molecule is COc1cccc2c1NCCC(=O)C2. The predicted octanol–water partition coefficient (Wildman–Crippen LogP) is 1.62. The van der Waals surface area contributed by atoms with Crippen LogP contribution >= 0.6 is 0 Å². The molecule has 2 rings (SSSR count). The van der Waals surface area contributed by atoms with Gasteiger partial charge in [0.15, 0.2) is 0 Å². The molecule has 0 saturated carbocycles. The number of ether oxygens (including phenoxy) is 1. The zero-order valence-corrected chi connectivity index (χ0v) is 8.17. The average molecular weight is 191 g/mol. The molecule has 0 saturated heterocycles. The Labute approximate surface area is 83.1 Å². The molecule has 1 heterocycles. The van der Waals surface area contributed by atoms with E-state index in [1.54, 1.807) is 7.11 Å². The summed E-state index contributed by atoms with van der Waals surface area (Å²) in [5, 5.41) is 3.23. The zero-order valence-electron chi connectivity index (χ0n) is 8.17. The minimum atomic E-state index is 0.282. The van der Waals surface area contributed by atoms with E-state index >= 15 is 0 Å². The molecule has 14 heavy (non-hydrogen) atoms. The topological polar surface area (TPSA) is 38.3 Å². The molecule has 1 N–H and O–H groups in total. The summed E-state index contributed by atoms with van der Waals surface area (Å²) in [5.74, 6) is 1.10. The third kappa shape index (κ3) is 1.58. The van der Waals surface area contributed by atoms with Crippen LogP contribution in [0.4, 0.5) is 5.69 Å². The van der Waals surface area contributed by atoms with Crippen LogP contribution in [0.25, 0.3) is 0 Å². The molecular formula is C11H13NO2. The number of ketones is 1. The van der Waals surface area contributed by atoms with Gasteiger partial charge in [0.25, 0.3) is 0 Å². The van der Waals surface area contributed by atoms with Crippen LogP contribution in [-0.4, -0.2) is 19.4 Å². The standard InChI is InChI=1S/C11H13NO2/c1-14-10-4-2-3-8-7-9(13)5-6-12-11(8)10/h2-4,12H,5-7H2,1H3. The van der Waals surface area contributed by atoms with E-state index in [0.717, 1.165) is 17.0 Å². The fourth-order valence-electron chi connectivity index (χ4n) is 1.72. The lowest BCUT2D eigenvalue weighted by Crippen LogP contribution is -2.04. The van der Waals surface area contributed by atoms with Gasteiger partial charge in [-0.05, 0) is 11.6 Å². The fraction of sp³-hybridized carbons (Fsp3) is 0.364. The van der Waals surface area contributed by atoms with Crippen molar-refractivity contribution in [1.82, 2.24) is 0 Å². The molecule has 0 fully saturated rings. The van der Waals surface area contributed by atoms with Crippen LogP contribution in [0.15, 0.2) is 18.2 Å². The van der Waals surface area contributed by atoms with Gasteiger partial charge in [0.2, 0.25) is 0 Å². The summed E-state index contributed by atoms with van der Waals surface area (Å²) in [6.45, 7) is 0.701. The highest BCUT2D eigenvalue weighted by atomic mass is 16.5. The molecule has 0 aliphatic carbocycles. The predicted molar refractivity (Wildman–Crippen MR) is 54.8 cm³/mol. The second-order valence-corrected chi connectivity index (χ2v) is 3.39. The van der Waals surface area contributed by atoms with E-state index in [-0.39, 0.29) is 5.78 Å². The fourth-order valence-corrected chi connectivity index (χ4v) is 1.72. The van der Waals surface area contributed by atoms with Crippen LogP contribution in [0.2, 0.25) is 0 Å². The number of anilines is 1. The van der Waals surface area contributed by atoms with E-state index in [1.165, 1.54) is 0 Å². The average Bonchev–Trinajstić information content (AvgIpc) is 2.37. The number of hydrogen-bond donors (Lipinski definition) is 1. The molecule has 1 aromatic carbocycles. The maximum absolute atomic E-state index is 11.4. The molecule has 0 spiro atoms. The van der Waals surface area contributed by atoms with Crippen LogP contribution < -0.4 is 10.1 Å². The van der Waals surface area contributed by atoms with Gasteiger partial charge in [-0.3, -0.25) is 4.79 Å². The first-order chi connectivity index (χ1) is 6.81. The molecule has 0 radical (unpaired) electrons. The lowest BCUT2D eigenvalue weighted by atomic mass is 10.1. The Bertz CT molecular complexity index is 360. The Morgan fingerprint density at radius 3 is 3.07 bits per heavy atom. The van der Waals surface area contributed by atoms with Crippen LogP contribution in [0, 0.1) is 0 Å². The highest BCUT2D eigenvalue weighted by molar-refractivity contribution is 5.85. The van der Waals surface area contributed by atoms with Gasteiger partial charge in [-0.2, -0.15) is 0 Å². The van der Waals surface area contributed by atoms with Gasteiger partial charge >= 0.3 is 0 Å². The molecule has 0 amide bonds. The lowest BCUT2D eigenvalue weighted by molar-refractivity contribution is -0.118. The highest BCUT2D eigenvalue weighted by Gasteiger charge is 2.15. The first kappa shape index (κ1) is 9.06. The zero-order chi connectivity index (χ0) is 9.97. The van der Waals surface area contributed by atoms with Gasteiger partial charge in [0.05, 0.1) is 12.8 Å². The summed E-state index contributed by atoms with van der Waals surface area (Å²) in [7, 11) is 1.64. The van der Waals surface area contributed by atoms with Crippen molar-refractivity contribution >= 4 is 11.5 Å². The Morgan fingerprint density at radius 2 is 2.29 bits per heavy atom. The third-order valence-electron chi connectivity index (χ3n) is 2.43. The summed E-state index contributed by atoms with van der Waals surface area (Å²) in [6.07, 6.45) is 1.11. The number of carbonyl (C=O) groups excluding carboxylic acids is 1. The van der Waals surface area contributed by atoms with E-state index in [9.17, 15) is 4.79 Å². The van der Waals surface area contributed by atoms with Crippen LogP contribution in [0.1, 0.15) is 12.0 Å². The Hall–Kier alpha value is -1.51. The van der Waals surface area contributed by atoms with Crippen LogP contribution in [0.5, 0.6) is 5.75 Å². The molecular weight excluding hydrogens is 178 g/mol. The Kier molecular flexibility index (Phi) is 2.39. The number of fused-ring (bicyclic) bond motifs is 1. The van der Waals surface area contributed by atoms with Gasteiger partial charge < -0.3 is 10.1 Å². The maximum atomic E-state index is 11.4. The summed E-state index contributed by atoms with van der Waals surface area (Å²) in [4.78, 5) is 11.4. The Morgan fingerprint density at radius 1 is 1.43 bits per heavy atom. The van der Waals surface area contributed by atoms with E-state index in [2.05, 4.69) is 5.32 Å². The molecule has 0 unspecified atom stereocenters. The van der Waals surface area contributed by atoms with Gasteiger partial charge in [0, 0.05) is 19.4 Å². The third-order valence-corrected chi connectivity index (χ3v) is 2.43. The van der Waals surface area contributed by atoms with E-state index in [1.807, 2.05) is 18.2 Å². The smallest absolute Gasteiger partial charge is 0.142 e. The number of benzene rings is 1. The van der Waals surface area contributed by atoms with Crippen molar-refractivity contribution in [2.75, 3.05) is 19.0 Å². The maximum Gasteiger partial charge on any atom is 0.142 e. The van der Waals surface area contributed by atoms with Crippen molar-refractivity contribution in [2.45, 2.75) is 12.8 Å². The first-order valence-electron chi connectivity index (χ1n) is 4.72. The van der Waals surface area contributed by atoms with Gasteiger partial charge in [-0.25, -0.2) is 0 Å². The Balaban J connectivity index is 2.43. The first-order valence-corrected chi connectivity index (χ1v) is 4.72. The number of carbonyl (C=O) groups is 1. The van der Waals surface area contributed by atoms with Crippen LogP contribution in [0.3, 0.4) is 0 Å². The molecule has 0 aromatic heterocycles. The monoisotopic (exact) mass is 191 g/mol. The molecule has 0 bridgehead atoms. The minimum Gasteiger partial charge on any atom is -0.495 e. The van der Waals surface area contributed by atoms with E-state index in [0.29, 0.717) is 19.4 Å².